The van der Waals surface area contributed by atoms with E-state index >= 15 is 0 Å². The molecule has 2 aliphatic heterocycles. The summed E-state index contributed by atoms with van der Waals surface area (Å²) in [5.74, 6) is 1.85. The standard InChI is InChI=1S/C27H36N2OS/c1-27(2,23-8-5-4-6-9-23)26(30)29-18-14-22(15-19-29)21-12-16-28(17-13-21)24-10-7-11-25(20-24)31-3/h4-11,20-22H,12-19H2,1-3H3. The molecule has 0 N–H and O–H groups in total. The number of carbonyl (C=O) groups excluding carboxylic acids is 1. The minimum atomic E-state index is -0.454. The van der Waals surface area contributed by atoms with Gasteiger partial charge < -0.3 is 9.80 Å². The fourth-order valence-electron chi connectivity index (χ4n) is 5.38. The Labute approximate surface area is 192 Å². The molecule has 166 valence electrons. The van der Waals surface area contributed by atoms with Crippen molar-refractivity contribution < 1.29 is 4.79 Å². The quantitative estimate of drug-likeness (QED) is 0.550. The van der Waals surface area contributed by atoms with E-state index in [2.05, 4.69) is 66.3 Å². The van der Waals surface area contributed by atoms with Gasteiger partial charge in [0.2, 0.25) is 5.91 Å². The molecule has 2 aromatic rings. The van der Waals surface area contributed by atoms with Crippen molar-refractivity contribution in [2.45, 2.75) is 49.8 Å². The first-order valence-electron chi connectivity index (χ1n) is 11.7. The number of rotatable bonds is 5. The Hall–Kier alpha value is -1.94. The lowest BCUT2D eigenvalue weighted by molar-refractivity contribution is -0.138. The van der Waals surface area contributed by atoms with Crippen LogP contribution in [0.5, 0.6) is 0 Å². The van der Waals surface area contributed by atoms with Crippen LogP contribution in [0, 0.1) is 11.8 Å². The Balaban J connectivity index is 1.29. The highest BCUT2D eigenvalue weighted by molar-refractivity contribution is 7.98. The molecule has 0 spiro atoms. The Kier molecular flexibility index (Phi) is 6.95. The minimum Gasteiger partial charge on any atom is -0.371 e. The molecule has 31 heavy (non-hydrogen) atoms. The van der Waals surface area contributed by atoms with Gasteiger partial charge in [-0.05, 0) is 81.4 Å². The average Bonchev–Trinajstić information content (AvgIpc) is 2.84. The zero-order valence-corrected chi connectivity index (χ0v) is 20.0. The van der Waals surface area contributed by atoms with E-state index in [4.69, 9.17) is 0 Å². The highest BCUT2D eigenvalue weighted by atomic mass is 32.2. The van der Waals surface area contributed by atoms with Gasteiger partial charge in [-0.15, -0.1) is 11.8 Å². The second-order valence-corrected chi connectivity index (χ2v) is 10.5. The fourth-order valence-corrected chi connectivity index (χ4v) is 5.84. The van der Waals surface area contributed by atoms with Crippen molar-refractivity contribution in [3.63, 3.8) is 0 Å². The zero-order valence-electron chi connectivity index (χ0n) is 19.2. The Morgan fingerprint density at radius 2 is 1.48 bits per heavy atom. The van der Waals surface area contributed by atoms with Gasteiger partial charge in [0.15, 0.2) is 0 Å². The first kappa shape index (κ1) is 22.3. The van der Waals surface area contributed by atoms with Crippen LogP contribution in [0.1, 0.15) is 45.1 Å². The molecule has 0 saturated carbocycles. The highest BCUT2D eigenvalue weighted by Crippen LogP contribution is 2.36. The van der Waals surface area contributed by atoms with Gasteiger partial charge in [-0.2, -0.15) is 0 Å². The maximum atomic E-state index is 13.3. The number of thioether (sulfide) groups is 1. The number of hydrogen-bond acceptors (Lipinski definition) is 3. The molecular weight excluding hydrogens is 400 g/mol. The molecule has 0 radical (unpaired) electrons. The van der Waals surface area contributed by atoms with E-state index in [1.165, 1.54) is 23.4 Å². The van der Waals surface area contributed by atoms with Crippen molar-refractivity contribution in [2.75, 3.05) is 37.3 Å². The fraction of sp³-hybridized carbons (Fsp3) is 0.519. The van der Waals surface area contributed by atoms with E-state index in [0.29, 0.717) is 0 Å². The molecule has 2 fully saturated rings. The number of likely N-dealkylation sites (tertiary alicyclic amines) is 1. The van der Waals surface area contributed by atoms with Gasteiger partial charge in [-0.25, -0.2) is 0 Å². The maximum Gasteiger partial charge on any atom is 0.232 e. The summed E-state index contributed by atoms with van der Waals surface area (Å²) < 4.78 is 0. The van der Waals surface area contributed by atoms with Gasteiger partial charge in [0.25, 0.3) is 0 Å². The molecule has 0 aliphatic carbocycles. The predicted octanol–water partition coefficient (Wildman–Crippen LogP) is 5.84. The van der Waals surface area contributed by atoms with Crippen LogP contribution in [0.2, 0.25) is 0 Å². The van der Waals surface area contributed by atoms with Gasteiger partial charge in [-0.3, -0.25) is 4.79 Å². The predicted molar refractivity (Wildman–Crippen MR) is 132 cm³/mol. The molecule has 2 saturated heterocycles. The van der Waals surface area contributed by atoms with E-state index in [1.54, 1.807) is 0 Å². The highest BCUT2D eigenvalue weighted by Gasteiger charge is 2.37. The monoisotopic (exact) mass is 436 g/mol. The van der Waals surface area contributed by atoms with E-state index < -0.39 is 5.41 Å². The third kappa shape index (κ3) is 4.95. The van der Waals surface area contributed by atoms with Gasteiger partial charge in [0.05, 0.1) is 5.41 Å². The summed E-state index contributed by atoms with van der Waals surface area (Å²) in [6, 6.07) is 19.2. The van der Waals surface area contributed by atoms with Crippen LogP contribution in [-0.2, 0) is 10.2 Å². The molecular formula is C27H36N2OS. The molecule has 4 rings (SSSR count). The van der Waals surface area contributed by atoms with Crippen molar-refractivity contribution in [2.24, 2.45) is 11.8 Å². The smallest absolute Gasteiger partial charge is 0.232 e. The third-order valence-corrected chi connectivity index (χ3v) is 8.21. The number of benzene rings is 2. The van der Waals surface area contributed by atoms with Crippen LogP contribution >= 0.6 is 11.8 Å². The van der Waals surface area contributed by atoms with Gasteiger partial charge in [0.1, 0.15) is 0 Å². The van der Waals surface area contributed by atoms with Crippen LogP contribution in [-0.4, -0.2) is 43.2 Å². The number of anilines is 1. The first-order chi connectivity index (χ1) is 15.0. The van der Waals surface area contributed by atoms with Gasteiger partial charge in [-0.1, -0.05) is 36.4 Å². The minimum absolute atomic E-state index is 0.278. The Morgan fingerprint density at radius 3 is 2.10 bits per heavy atom. The lowest BCUT2D eigenvalue weighted by atomic mass is 9.77. The molecule has 2 heterocycles. The first-order valence-corrected chi connectivity index (χ1v) is 13.0. The summed E-state index contributed by atoms with van der Waals surface area (Å²) in [6.07, 6.45) is 7.01. The molecule has 1 amide bonds. The topological polar surface area (TPSA) is 23.6 Å². The zero-order chi connectivity index (χ0) is 21.8. The van der Waals surface area contributed by atoms with Gasteiger partial charge >= 0.3 is 0 Å². The summed E-state index contributed by atoms with van der Waals surface area (Å²) in [7, 11) is 0. The molecule has 0 aromatic heterocycles. The SMILES string of the molecule is CSc1cccc(N2CCC(C3CCN(C(=O)C(C)(C)c4ccccc4)CC3)CC2)c1. The second kappa shape index (κ2) is 9.68. The number of carbonyl (C=O) groups is 1. The molecule has 0 bridgehead atoms. The van der Waals surface area contributed by atoms with Crippen molar-refractivity contribution >= 4 is 23.4 Å². The van der Waals surface area contributed by atoms with E-state index in [-0.39, 0.29) is 5.91 Å². The number of nitrogens with zero attached hydrogens (tertiary/aromatic N) is 2. The van der Waals surface area contributed by atoms with Crippen LogP contribution in [0.4, 0.5) is 5.69 Å². The van der Waals surface area contributed by atoms with Crippen molar-refractivity contribution in [1.82, 2.24) is 4.90 Å². The van der Waals surface area contributed by atoms with Crippen LogP contribution in [0.15, 0.2) is 59.5 Å². The Bertz CT molecular complexity index is 866. The van der Waals surface area contributed by atoms with Crippen LogP contribution < -0.4 is 4.90 Å². The second-order valence-electron chi connectivity index (χ2n) is 9.65. The van der Waals surface area contributed by atoms with Gasteiger partial charge in [0, 0.05) is 36.8 Å². The van der Waals surface area contributed by atoms with Crippen molar-refractivity contribution in [1.29, 1.82) is 0 Å². The summed E-state index contributed by atoms with van der Waals surface area (Å²) in [4.78, 5) is 19.3. The molecule has 0 unspecified atom stereocenters. The largest absolute Gasteiger partial charge is 0.371 e. The van der Waals surface area contributed by atoms with E-state index in [1.807, 2.05) is 30.0 Å². The summed E-state index contributed by atoms with van der Waals surface area (Å²) in [5.41, 5.74) is 2.03. The number of amides is 1. The van der Waals surface area contributed by atoms with Crippen molar-refractivity contribution in [3.05, 3.63) is 60.2 Å². The summed E-state index contributed by atoms with van der Waals surface area (Å²) >= 11 is 1.81. The summed E-state index contributed by atoms with van der Waals surface area (Å²) in [5, 5.41) is 0. The molecule has 3 nitrogen and oxygen atoms in total. The average molecular weight is 437 g/mol. The molecule has 2 aromatic carbocycles. The third-order valence-electron chi connectivity index (χ3n) is 7.48. The number of hydrogen-bond donors (Lipinski definition) is 0. The normalized spacial score (nSPS) is 18.9. The lowest BCUT2D eigenvalue weighted by Gasteiger charge is -2.42. The molecule has 2 aliphatic rings. The van der Waals surface area contributed by atoms with E-state index in [9.17, 15) is 4.79 Å². The Morgan fingerprint density at radius 1 is 0.871 bits per heavy atom. The summed E-state index contributed by atoms with van der Waals surface area (Å²) in [6.45, 7) is 8.27. The number of piperidine rings is 2. The maximum absolute atomic E-state index is 13.3. The van der Waals surface area contributed by atoms with Crippen molar-refractivity contribution in [3.8, 4) is 0 Å². The van der Waals surface area contributed by atoms with Crippen LogP contribution in [0.3, 0.4) is 0 Å². The molecule has 0 atom stereocenters. The van der Waals surface area contributed by atoms with E-state index in [0.717, 1.165) is 56.4 Å². The molecule has 4 heteroatoms. The lowest BCUT2D eigenvalue weighted by Crippen LogP contribution is -2.48. The van der Waals surface area contributed by atoms with Crippen LogP contribution in [0.25, 0.3) is 0 Å².